The van der Waals surface area contributed by atoms with Gasteiger partial charge in [-0.15, -0.1) is 0 Å². The molecule has 0 saturated heterocycles. The molecule has 0 aromatic carbocycles. The summed E-state index contributed by atoms with van der Waals surface area (Å²) in [5, 5.41) is 8.89. The number of hydrogen-bond donors (Lipinski definition) is 0. The van der Waals surface area contributed by atoms with Gasteiger partial charge in [0.1, 0.15) is 6.10 Å². The first-order chi connectivity index (χ1) is 7.73. The Hall–Kier alpha value is -0.863. The van der Waals surface area contributed by atoms with Gasteiger partial charge in [0.05, 0.1) is 13.2 Å². The molecule has 0 amide bonds. The summed E-state index contributed by atoms with van der Waals surface area (Å²) < 4.78 is 10.5. The Bertz CT molecular complexity index is 291. The number of rotatable bonds is 5. The molecule has 98 valence electrons. The molecule has 0 aliphatic heterocycles. The van der Waals surface area contributed by atoms with Gasteiger partial charge in [0.2, 0.25) is 0 Å². The van der Waals surface area contributed by atoms with E-state index in [2.05, 4.69) is 6.07 Å². The van der Waals surface area contributed by atoms with Crippen LogP contribution in [0.3, 0.4) is 0 Å². The van der Waals surface area contributed by atoms with Gasteiger partial charge in [-0.3, -0.25) is 0 Å². The van der Waals surface area contributed by atoms with Crippen LogP contribution >= 0.6 is 0 Å². The zero-order valence-corrected chi connectivity index (χ0v) is 12.8. The maximum atomic E-state index is 11.8. The monoisotopic (exact) mass is 257 g/mol. The number of methoxy groups -OCH3 is 1. The Morgan fingerprint density at radius 3 is 2.24 bits per heavy atom. The van der Waals surface area contributed by atoms with E-state index >= 15 is 0 Å². The van der Waals surface area contributed by atoms with Crippen LogP contribution < -0.4 is 0 Å². The fraction of sp³-hybridized carbons (Fsp3) is 0.833. The maximum Gasteiger partial charge on any atom is 0.334 e. The van der Waals surface area contributed by atoms with Crippen molar-refractivity contribution in [2.75, 3.05) is 7.11 Å². The number of carbonyl (C=O) groups excluding carboxylic acids is 1. The summed E-state index contributed by atoms with van der Waals surface area (Å²) in [5.74, 6) is -0.517. The van der Waals surface area contributed by atoms with Crippen molar-refractivity contribution in [2.24, 2.45) is 11.3 Å². The smallest absolute Gasteiger partial charge is 0.334 e. The third-order valence-corrected chi connectivity index (χ3v) is 3.48. The Labute approximate surface area is 106 Å². The molecular weight excluding hydrogens is 234 g/mol. The molecule has 0 aromatic heterocycles. The summed E-state index contributed by atoms with van der Waals surface area (Å²) in [6.45, 7) is 10.0. The van der Waals surface area contributed by atoms with Crippen LogP contribution in [0.15, 0.2) is 0 Å². The van der Waals surface area contributed by atoms with Crippen molar-refractivity contribution >= 4 is 15.0 Å². The van der Waals surface area contributed by atoms with Gasteiger partial charge in [-0.2, -0.15) is 5.26 Å². The van der Waals surface area contributed by atoms with Crippen molar-refractivity contribution < 1.29 is 14.0 Å². The molecule has 2 unspecified atom stereocenters. The van der Waals surface area contributed by atoms with Crippen LogP contribution in [0.25, 0.3) is 0 Å². The standard InChI is InChI=1S/C12H23NO3Si/c1-12(2,3)9(7-8-13)10(11(14)15-4)16-17(5)6/h9-10,17H,7H2,1-6H3. The summed E-state index contributed by atoms with van der Waals surface area (Å²) in [7, 11) is -0.00783. The molecular formula is C12H23NO3Si. The lowest BCUT2D eigenvalue weighted by Gasteiger charge is -2.35. The minimum atomic E-state index is -1.36. The van der Waals surface area contributed by atoms with Gasteiger partial charge in [-0.1, -0.05) is 20.8 Å². The molecule has 5 heteroatoms. The lowest BCUT2D eigenvalue weighted by atomic mass is 9.75. The third-order valence-electron chi connectivity index (χ3n) is 2.64. The van der Waals surface area contributed by atoms with Crippen molar-refractivity contribution in [3.63, 3.8) is 0 Å². The topological polar surface area (TPSA) is 59.3 Å². The van der Waals surface area contributed by atoms with Crippen molar-refractivity contribution in [1.82, 2.24) is 0 Å². The van der Waals surface area contributed by atoms with Crippen LogP contribution in [0.2, 0.25) is 13.1 Å². The van der Waals surface area contributed by atoms with Gasteiger partial charge in [0, 0.05) is 12.3 Å². The minimum absolute atomic E-state index is 0.144. The van der Waals surface area contributed by atoms with Crippen LogP contribution in [-0.4, -0.2) is 28.2 Å². The number of carbonyl (C=O) groups is 1. The zero-order valence-electron chi connectivity index (χ0n) is 11.6. The molecule has 0 fully saturated rings. The first-order valence-electron chi connectivity index (χ1n) is 5.84. The van der Waals surface area contributed by atoms with Gasteiger partial charge < -0.3 is 9.16 Å². The molecule has 0 aliphatic rings. The maximum absolute atomic E-state index is 11.8. The van der Waals surface area contributed by atoms with E-state index < -0.39 is 15.1 Å². The summed E-state index contributed by atoms with van der Waals surface area (Å²) in [6.07, 6.45) is -0.323. The van der Waals surface area contributed by atoms with E-state index in [4.69, 9.17) is 14.4 Å². The molecule has 0 heterocycles. The van der Waals surface area contributed by atoms with E-state index in [9.17, 15) is 4.79 Å². The van der Waals surface area contributed by atoms with Crippen LogP contribution in [0.1, 0.15) is 27.2 Å². The van der Waals surface area contributed by atoms with E-state index in [1.807, 2.05) is 33.9 Å². The van der Waals surface area contributed by atoms with E-state index in [1.54, 1.807) is 0 Å². The number of ether oxygens (including phenoxy) is 1. The van der Waals surface area contributed by atoms with Crippen molar-refractivity contribution in [2.45, 2.75) is 46.4 Å². The summed E-state index contributed by atoms with van der Waals surface area (Å²) in [4.78, 5) is 11.8. The molecule has 2 atom stereocenters. The predicted octanol–water partition coefficient (Wildman–Crippen LogP) is 2.10. The van der Waals surface area contributed by atoms with E-state index in [0.29, 0.717) is 6.42 Å². The Morgan fingerprint density at radius 2 is 1.94 bits per heavy atom. The zero-order chi connectivity index (χ0) is 13.6. The van der Waals surface area contributed by atoms with Gasteiger partial charge in [-0.05, 0) is 18.5 Å². The van der Waals surface area contributed by atoms with Gasteiger partial charge in [-0.25, -0.2) is 4.79 Å². The van der Waals surface area contributed by atoms with Crippen molar-refractivity contribution in [3.05, 3.63) is 0 Å². The van der Waals surface area contributed by atoms with Crippen LogP contribution in [0.4, 0.5) is 0 Å². The second-order valence-electron chi connectivity index (χ2n) is 5.46. The average molecular weight is 257 g/mol. The number of nitrogens with zero attached hydrogens (tertiary/aromatic N) is 1. The van der Waals surface area contributed by atoms with E-state index in [0.717, 1.165) is 0 Å². The normalized spacial score (nSPS) is 15.2. The molecule has 0 saturated carbocycles. The van der Waals surface area contributed by atoms with E-state index in [1.165, 1.54) is 7.11 Å². The van der Waals surface area contributed by atoms with Gasteiger partial charge >= 0.3 is 5.97 Å². The van der Waals surface area contributed by atoms with Gasteiger partial charge in [0.15, 0.2) is 9.04 Å². The molecule has 0 N–H and O–H groups in total. The number of esters is 1. The highest BCUT2D eigenvalue weighted by atomic mass is 28.3. The van der Waals surface area contributed by atoms with Crippen LogP contribution in [0, 0.1) is 22.7 Å². The molecule has 17 heavy (non-hydrogen) atoms. The summed E-state index contributed by atoms with van der Waals surface area (Å²) >= 11 is 0. The highest BCUT2D eigenvalue weighted by molar-refractivity contribution is 6.48. The quantitative estimate of drug-likeness (QED) is 0.559. The minimum Gasteiger partial charge on any atom is -0.467 e. The third kappa shape index (κ3) is 5.33. The molecule has 0 radical (unpaired) electrons. The molecule has 4 nitrogen and oxygen atoms in total. The highest BCUT2D eigenvalue weighted by Crippen LogP contribution is 2.33. The molecule has 0 bridgehead atoms. The lowest BCUT2D eigenvalue weighted by Crippen LogP contribution is -2.42. The van der Waals surface area contributed by atoms with Crippen LogP contribution in [-0.2, 0) is 14.0 Å². The largest absolute Gasteiger partial charge is 0.467 e. The Kier molecular flexibility index (Phi) is 6.43. The van der Waals surface area contributed by atoms with Crippen molar-refractivity contribution in [1.29, 1.82) is 5.26 Å². The second kappa shape index (κ2) is 6.77. The molecule has 0 spiro atoms. The van der Waals surface area contributed by atoms with E-state index in [-0.39, 0.29) is 17.3 Å². The predicted molar refractivity (Wildman–Crippen MR) is 68.9 cm³/mol. The average Bonchev–Trinajstić information content (AvgIpc) is 2.20. The fourth-order valence-corrected chi connectivity index (χ4v) is 2.58. The highest BCUT2D eigenvalue weighted by Gasteiger charge is 2.38. The fourth-order valence-electron chi connectivity index (χ4n) is 1.69. The number of hydrogen-bond acceptors (Lipinski definition) is 4. The van der Waals surface area contributed by atoms with Crippen LogP contribution in [0.5, 0.6) is 0 Å². The first kappa shape index (κ1) is 16.1. The summed E-state index contributed by atoms with van der Waals surface area (Å²) in [6, 6.07) is 2.13. The van der Waals surface area contributed by atoms with Gasteiger partial charge in [0.25, 0.3) is 0 Å². The molecule has 0 rings (SSSR count). The molecule has 0 aliphatic carbocycles. The van der Waals surface area contributed by atoms with Crippen molar-refractivity contribution in [3.8, 4) is 6.07 Å². The molecule has 0 aromatic rings. The second-order valence-corrected chi connectivity index (χ2v) is 7.83. The Morgan fingerprint density at radius 1 is 1.41 bits per heavy atom. The Balaban J connectivity index is 5.08. The SMILES string of the molecule is COC(=O)C(O[SiH](C)C)C(CC#N)C(C)(C)C. The number of nitriles is 1. The summed E-state index contributed by atoms with van der Waals surface area (Å²) in [5.41, 5.74) is -0.169. The lowest BCUT2D eigenvalue weighted by molar-refractivity contribution is -0.154. The first-order valence-corrected chi connectivity index (χ1v) is 8.62.